The number of hydrogen-bond donors (Lipinski definition) is 4. The maximum absolute atomic E-state index is 13.1. The number of fused-ring (bicyclic) bond motifs is 1. The number of methoxy groups -OCH3 is 1. The van der Waals surface area contributed by atoms with Crippen molar-refractivity contribution in [2.75, 3.05) is 36.7 Å². The molecule has 0 saturated heterocycles. The lowest BCUT2D eigenvalue weighted by Gasteiger charge is -2.13. The van der Waals surface area contributed by atoms with Crippen LogP contribution in [0.2, 0.25) is 0 Å². The van der Waals surface area contributed by atoms with Gasteiger partial charge in [0.25, 0.3) is 5.91 Å². The summed E-state index contributed by atoms with van der Waals surface area (Å²) in [5.74, 6) is 0.214. The smallest absolute Gasteiger partial charge is 0.320 e. The van der Waals surface area contributed by atoms with E-state index in [0.717, 1.165) is 16.5 Å². The van der Waals surface area contributed by atoms with Crippen LogP contribution in [0.5, 0.6) is 0 Å². The van der Waals surface area contributed by atoms with Crippen LogP contribution in [0.4, 0.5) is 22.0 Å². The fourth-order valence-corrected chi connectivity index (χ4v) is 3.52. The number of nitrogens with zero attached hydrogens (tertiary/aromatic N) is 3. The lowest BCUT2D eigenvalue weighted by Crippen LogP contribution is -2.25. The average molecular weight is 474 g/mol. The number of amides is 3. The zero-order chi connectivity index (χ0) is 24.6. The van der Waals surface area contributed by atoms with Gasteiger partial charge in [0.1, 0.15) is 5.82 Å². The summed E-state index contributed by atoms with van der Waals surface area (Å²) >= 11 is 0. The van der Waals surface area contributed by atoms with Gasteiger partial charge in [0.05, 0.1) is 24.2 Å². The molecular formula is C25H27N7O3. The van der Waals surface area contributed by atoms with Crippen molar-refractivity contribution in [3.63, 3.8) is 0 Å². The minimum atomic E-state index is -0.342. The molecule has 4 N–H and O–H groups in total. The van der Waals surface area contributed by atoms with E-state index in [-0.39, 0.29) is 11.9 Å². The van der Waals surface area contributed by atoms with Gasteiger partial charge in [-0.15, -0.1) is 0 Å². The van der Waals surface area contributed by atoms with Crippen molar-refractivity contribution in [3.8, 4) is 0 Å². The van der Waals surface area contributed by atoms with Gasteiger partial charge in [-0.3, -0.25) is 14.8 Å². The Balaban J connectivity index is 1.44. The van der Waals surface area contributed by atoms with Crippen LogP contribution in [0.1, 0.15) is 15.9 Å². The predicted octanol–water partition coefficient (Wildman–Crippen LogP) is 3.69. The van der Waals surface area contributed by atoms with Crippen molar-refractivity contribution in [1.82, 2.24) is 20.1 Å². The van der Waals surface area contributed by atoms with Gasteiger partial charge in [-0.05, 0) is 48.0 Å². The molecule has 2 heterocycles. The number of rotatable bonds is 9. The first-order chi connectivity index (χ1) is 17.1. The lowest BCUT2D eigenvalue weighted by atomic mass is 10.1. The molecule has 2 aromatic carbocycles. The minimum absolute atomic E-state index is 0.226. The molecule has 0 aliphatic carbocycles. The molecule has 10 nitrogen and oxygen atoms in total. The van der Waals surface area contributed by atoms with Crippen LogP contribution in [0.3, 0.4) is 0 Å². The van der Waals surface area contributed by atoms with Crippen molar-refractivity contribution in [2.45, 2.75) is 13.1 Å². The first kappa shape index (κ1) is 23.7. The Morgan fingerprint density at radius 3 is 2.74 bits per heavy atom. The molecule has 3 amide bonds. The number of carbonyl (C=O) groups is 2. The van der Waals surface area contributed by atoms with Crippen LogP contribution in [0.15, 0.2) is 67.0 Å². The van der Waals surface area contributed by atoms with E-state index in [1.165, 1.54) is 7.05 Å². The maximum atomic E-state index is 13.1. The summed E-state index contributed by atoms with van der Waals surface area (Å²) in [6.07, 6.45) is 3.55. The van der Waals surface area contributed by atoms with Crippen LogP contribution >= 0.6 is 0 Å². The average Bonchev–Trinajstić information content (AvgIpc) is 3.28. The number of anilines is 3. The largest absolute Gasteiger partial charge is 0.383 e. The van der Waals surface area contributed by atoms with E-state index in [2.05, 4.69) is 31.3 Å². The van der Waals surface area contributed by atoms with Gasteiger partial charge in [0.15, 0.2) is 0 Å². The number of nitrogens with one attached hydrogen (secondary N) is 4. The number of pyridine rings is 1. The molecule has 0 spiro atoms. The number of urea groups is 1. The van der Waals surface area contributed by atoms with E-state index in [1.54, 1.807) is 25.4 Å². The SMILES string of the molecule is CNC(=O)Nc1cc(CNc2ccccc2C(=O)Nc2ccc3nn(CCOC)cc3c2)ccn1. The van der Waals surface area contributed by atoms with Crippen molar-refractivity contribution < 1.29 is 14.3 Å². The highest BCUT2D eigenvalue weighted by atomic mass is 16.5. The highest BCUT2D eigenvalue weighted by molar-refractivity contribution is 6.08. The topological polar surface area (TPSA) is 122 Å². The van der Waals surface area contributed by atoms with Crippen molar-refractivity contribution in [3.05, 3.63) is 78.1 Å². The van der Waals surface area contributed by atoms with E-state index in [1.807, 2.05) is 53.3 Å². The summed E-state index contributed by atoms with van der Waals surface area (Å²) in [5, 5.41) is 16.9. The summed E-state index contributed by atoms with van der Waals surface area (Å²) in [6.45, 7) is 1.68. The molecule has 0 unspecified atom stereocenters. The molecule has 0 atom stereocenters. The Labute approximate surface area is 202 Å². The van der Waals surface area contributed by atoms with Gasteiger partial charge in [0, 0.05) is 49.9 Å². The van der Waals surface area contributed by atoms with Gasteiger partial charge in [-0.2, -0.15) is 5.10 Å². The van der Waals surface area contributed by atoms with Crippen LogP contribution in [0, 0.1) is 0 Å². The lowest BCUT2D eigenvalue weighted by molar-refractivity contribution is 0.102. The standard InChI is InChI=1S/C25H27N7O3/c1-26-25(34)30-23-13-17(9-10-27-23)15-28-22-6-4-3-5-20(22)24(33)29-19-7-8-21-18(14-19)16-32(31-21)11-12-35-2/h3-10,13-14,16,28H,11-12,15H2,1-2H3,(H,29,33)(H2,26,27,30,34). The summed E-state index contributed by atoms with van der Waals surface area (Å²) in [7, 11) is 3.19. The van der Waals surface area contributed by atoms with E-state index >= 15 is 0 Å². The Morgan fingerprint density at radius 2 is 1.91 bits per heavy atom. The second kappa shape index (κ2) is 11.1. The molecule has 0 fully saturated rings. The van der Waals surface area contributed by atoms with Crippen LogP contribution in [0.25, 0.3) is 10.9 Å². The third-order valence-corrected chi connectivity index (χ3v) is 5.28. The highest BCUT2D eigenvalue weighted by Gasteiger charge is 2.12. The molecule has 4 rings (SSSR count). The molecule has 4 aromatic rings. The Bertz CT molecular complexity index is 1340. The normalized spacial score (nSPS) is 10.7. The molecule has 0 radical (unpaired) electrons. The van der Waals surface area contributed by atoms with E-state index in [9.17, 15) is 9.59 Å². The van der Waals surface area contributed by atoms with E-state index in [4.69, 9.17) is 4.74 Å². The first-order valence-corrected chi connectivity index (χ1v) is 11.1. The van der Waals surface area contributed by atoms with Gasteiger partial charge < -0.3 is 20.7 Å². The van der Waals surface area contributed by atoms with Crippen LogP contribution in [-0.4, -0.2) is 47.5 Å². The maximum Gasteiger partial charge on any atom is 0.320 e. The van der Waals surface area contributed by atoms with Gasteiger partial charge in [0.2, 0.25) is 0 Å². The third kappa shape index (κ3) is 6.12. The summed E-state index contributed by atoms with van der Waals surface area (Å²) in [5.41, 5.74) is 3.64. The second-order valence-electron chi connectivity index (χ2n) is 7.77. The van der Waals surface area contributed by atoms with Gasteiger partial charge in [-0.1, -0.05) is 12.1 Å². The number of carbonyl (C=O) groups excluding carboxylic acids is 2. The molecule has 10 heteroatoms. The zero-order valence-corrected chi connectivity index (χ0v) is 19.5. The first-order valence-electron chi connectivity index (χ1n) is 11.1. The van der Waals surface area contributed by atoms with Crippen LogP contribution in [-0.2, 0) is 17.8 Å². The van der Waals surface area contributed by atoms with Crippen LogP contribution < -0.4 is 21.3 Å². The second-order valence-corrected chi connectivity index (χ2v) is 7.77. The summed E-state index contributed by atoms with van der Waals surface area (Å²) < 4.78 is 6.93. The van der Waals surface area contributed by atoms with Crippen molar-refractivity contribution in [1.29, 1.82) is 0 Å². The Morgan fingerprint density at radius 1 is 1.06 bits per heavy atom. The summed E-state index contributed by atoms with van der Waals surface area (Å²) in [4.78, 5) is 28.7. The molecule has 35 heavy (non-hydrogen) atoms. The zero-order valence-electron chi connectivity index (χ0n) is 19.5. The number of ether oxygens (including phenoxy) is 1. The van der Waals surface area contributed by atoms with E-state index < -0.39 is 0 Å². The van der Waals surface area contributed by atoms with Crippen molar-refractivity contribution in [2.24, 2.45) is 0 Å². The minimum Gasteiger partial charge on any atom is -0.383 e. The highest BCUT2D eigenvalue weighted by Crippen LogP contribution is 2.22. The molecule has 2 aromatic heterocycles. The summed E-state index contributed by atoms with van der Waals surface area (Å²) in [6, 6.07) is 16.2. The predicted molar refractivity (Wildman–Crippen MR) is 136 cm³/mol. The molecular weight excluding hydrogens is 446 g/mol. The number of hydrogen-bond acceptors (Lipinski definition) is 6. The molecule has 0 saturated carbocycles. The molecule has 180 valence electrons. The van der Waals surface area contributed by atoms with Crippen molar-refractivity contribution >= 4 is 40.0 Å². The number of para-hydroxylation sites is 1. The van der Waals surface area contributed by atoms with Gasteiger partial charge in [-0.25, -0.2) is 9.78 Å². The van der Waals surface area contributed by atoms with E-state index in [0.29, 0.717) is 42.5 Å². The third-order valence-electron chi connectivity index (χ3n) is 5.28. The monoisotopic (exact) mass is 473 g/mol. The molecule has 0 aliphatic heterocycles. The fourth-order valence-electron chi connectivity index (χ4n) is 3.52. The fraction of sp³-hybridized carbons (Fsp3) is 0.200. The number of aromatic nitrogens is 3. The Kier molecular flexibility index (Phi) is 7.53. The number of benzene rings is 2. The van der Waals surface area contributed by atoms with Gasteiger partial charge >= 0.3 is 6.03 Å². The quantitative estimate of drug-likeness (QED) is 0.294. The molecule has 0 bridgehead atoms. The Hall–Kier alpha value is -4.44. The molecule has 0 aliphatic rings.